The summed E-state index contributed by atoms with van der Waals surface area (Å²) < 4.78 is 42.4. The van der Waals surface area contributed by atoms with Gasteiger partial charge in [-0.15, -0.1) is 0 Å². The van der Waals surface area contributed by atoms with Gasteiger partial charge in [0.05, 0.1) is 0 Å². The van der Waals surface area contributed by atoms with E-state index in [9.17, 15) is 18.0 Å². The second-order valence-electron chi connectivity index (χ2n) is 6.89. The number of nitrogens with one attached hydrogen (secondary N) is 3. The molecule has 0 aliphatic heterocycles. The van der Waals surface area contributed by atoms with Crippen LogP contribution in [-0.2, 0) is 11.3 Å². The molecule has 0 aliphatic rings. The number of rotatable bonds is 8. The summed E-state index contributed by atoms with van der Waals surface area (Å²) in [7, 11) is 1.56. The molecule has 0 atom stereocenters. The van der Waals surface area contributed by atoms with Crippen molar-refractivity contribution in [1.29, 1.82) is 0 Å². The Balaban J connectivity index is 1.83. The Bertz CT molecular complexity index is 899. The van der Waals surface area contributed by atoms with Gasteiger partial charge in [0.1, 0.15) is 11.6 Å². The second-order valence-corrected chi connectivity index (χ2v) is 6.89. The lowest BCUT2D eigenvalue weighted by Crippen LogP contribution is -2.38. The van der Waals surface area contributed by atoms with Crippen molar-refractivity contribution >= 4 is 17.7 Å². The number of aliphatic imine (C=N–C) groups is 1. The molecule has 7 nitrogen and oxygen atoms in total. The van der Waals surface area contributed by atoms with Gasteiger partial charge in [-0.3, -0.25) is 9.79 Å². The van der Waals surface area contributed by atoms with Gasteiger partial charge in [0.2, 0.25) is 5.91 Å². The zero-order valence-corrected chi connectivity index (χ0v) is 17.6. The lowest BCUT2D eigenvalue weighted by molar-refractivity contribution is -0.153. The molecule has 10 heteroatoms. The van der Waals surface area contributed by atoms with E-state index >= 15 is 0 Å². The number of pyridine rings is 1. The van der Waals surface area contributed by atoms with Crippen LogP contribution in [0.5, 0.6) is 5.75 Å². The normalized spacial score (nSPS) is 11.7. The number of benzene rings is 1. The van der Waals surface area contributed by atoms with Gasteiger partial charge in [0, 0.05) is 38.3 Å². The molecule has 0 unspecified atom stereocenters. The van der Waals surface area contributed by atoms with Crippen LogP contribution < -0.4 is 20.7 Å². The maximum atomic E-state index is 12.5. The minimum Gasteiger partial charge on any atom is -0.484 e. The van der Waals surface area contributed by atoms with Gasteiger partial charge in [-0.05, 0) is 37.1 Å². The van der Waals surface area contributed by atoms with Crippen LogP contribution in [0.25, 0.3) is 0 Å². The summed E-state index contributed by atoms with van der Waals surface area (Å²) >= 11 is 0. The third kappa shape index (κ3) is 8.93. The summed E-state index contributed by atoms with van der Waals surface area (Å²) in [5.41, 5.74) is 2.34. The van der Waals surface area contributed by atoms with Crippen molar-refractivity contribution in [2.24, 2.45) is 4.99 Å². The molecule has 0 aliphatic carbocycles. The van der Waals surface area contributed by atoms with Crippen LogP contribution in [0.15, 0.2) is 41.5 Å². The van der Waals surface area contributed by atoms with Crippen LogP contribution >= 0.6 is 0 Å². The Labute approximate surface area is 179 Å². The van der Waals surface area contributed by atoms with Crippen LogP contribution in [0.2, 0.25) is 0 Å². The average Bonchev–Trinajstić information content (AvgIpc) is 2.71. The van der Waals surface area contributed by atoms with Gasteiger partial charge in [-0.1, -0.05) is 18.2 Å². The van der Waals surface area contributed by atoms with Crippen molar-refractivity contribution in [2.45, 2.75) is 33.0 Å². The van der Waals surface area contributed by atoms with Crippen LogP contribution in [0, 0.1) is 13.8 Å². The fourth-order valence-corrected chi connectivity index (χ4v) is 2.54. The fourth-order valence-electron chi connectivity index (χ4n) is 2.54. The first-order valence-electron chi connectivity index (χ1n) is 9.62. The number of halogens is 3. The minimum absolute atomic E-state index is 0.158. The Kier molecular flexibility index (Phi) is 8.65. The molecule has 2 rings (SSSR count). The van der Waals surface area contributed by atoms with E-state index in [-0.39, 0.29) is 24.6 Å². The van der Waals surface area contributed by atoms with Crippen molar-refractivity contribution in [2.75, 3.05) is 25.5 Å². The molecule has 0 saturated heterocycles. The number of alkyl halides is 3. The number of hydrogen-bond donors (Lipinski definition) is 3. The maximum absolute atomic E-state index is 12.5. The average molecular weight is 437 g/mol. The first kappa shape index (κ1) is 24.0. The monoisotopic (exact) mass is 437 g/mol. The smallest absolute Gasteiger partial charge is 0.422 e. The Morgan fingerprint density at radius 3 is 2.52 bits per heavy atom. The highest BCUT2D eigenvalue weighted by Crippen LogP contribution is 2.23. The highest BCUT2D eigenvalue weighted by molar-refractivity contribution is 5.90. The second kappa shape index (κ2) is 11.2. The zero-order chi connectivity index (χ0) is 22.9. The summed E-state index contributed by atoms with van der Waals surface area (Å²) in [5, 5.41) is 8.69. The molecule has 2 aromatic rings. The number of hydrogen-bond acceptors (Lipinski definition) is 4. The van der Waals surface area contributed by atoms with Crippen molar-refractivity contribution in [3.63, 3.8) is 0 Å². The van der Waals surface area contributed by atoms with E-state index in [0.29, 0.717) is 23.9 Å². The molecule has 1 heterocycles. The van der Waals surface area contributed by atoms with Gasteiger partial charge >= 0.3 is 6.18 Å². The number of amides is 1. The van der Waals surface area contributed by atoms with Crippen LogP contribution in [-0.4, -0.2) is 43.2 Å². The molecule has 0 fully saturated rings. The van der Waals surface area contributed by atoms with Crippen molar-refractivity contribution < 1.29 is 22.7 Å². The molecule has 1 aromatic carbocycles. The molecule has 0 saturated carbocycles. The molecule has 3 N–H and O–H groups in total. The van der Waals surface area contributed by atoms with Gasteiger partial charge < -0.3 is 20.7 Å². The lowest BCUT2D eigenvalue weighted by Gasteiger charge is -2.16. The highest BCUT2D eigenvalue weighted by Gasteiger charge is 2.28. The topological polar surface area (TPSA) is 87.6 Å². The number of nitrogens with zero attached hydrogens (tertiary/aromatic N) is 2. The molecular formula is C21H26F3N5O2. The van der Waals surface area contributed by atoms with Gasteiger partial charge in [-0.25, -0.2) is 4.98 Å². The van der Waals surface area contributed by atoms with Crippen molar-refractivity contribution in [1.82, 2.24) is 15.6 Å². The summed E-state index contributed by atoms with van der Waals surface area (Å²) in [5.74, 6) is 0.832. The molecule has 31 heavy (non-hydrogen) atoms. The number of anilines is 1. The number of aromatic nitrogens is 1. The van der Waals surface area contributed by atoms with E-state index in [4.69, 9.17) is 4.74 Å². The molecular weight excluding hydrogens is 411 g/mol. The highest BCUT2D eigenvalue weighted by atomic mass is 19.4. The van der Waals surface area contributed by atoms with E-state index in [0.717, 1.165) is 11.1 Å². The molecule has 1 amide bonds. The SMILES string of the molecule is CN=C(NCCC(=O)Nc1ccc(C)cn1)NCc1ccc(C)cc1OCC(F)(F)F. The number of carbonyl (C=O) groups is 1. The standard InChI is InChI=1S/C21H26F3N5O2/c1-14-4-6-16(17(10-14)31-13-21(22,23)24)12-28-20(25-3)26-9-8-19(30)29-18-7-5-15(2)11-27-18/h4-7,10-11H,8-9,12-13H2,1-3H3,(H2,25,26,28)(H,27,29,30). The van der Waals surface area contributed by atoms with Crippen LogP contribution in [0.4, 0.5) is 19.0 Å². The number of aryl methyl sites for hydroxylation is 2. The predicted molar refractivity (Wildman–Crippen MR) is 113 cm³/mol. The summed E-state index contributed by atoms with van der Waals surface area (Å²) in [6, 6.07) is 8.62. The Morgan fingerprint density at radius 2 is 1.87 bits per heavy atom. The number of guanidine groups is 1. The van der Waals surface area contributed by atoms with Crippen molar-refractivity contribution in [3.8, 4) is 5.75 Å². The van der Waals surface area contributed by atoms with E-state index < -0.39 is 12.8 Å². The third-order valence-corrected chi connectivity index (χ3v) is 4.11. The first-order chi connectivity index (χ1) is 14.7. The number of ether oxygens (including phenoxy) is 1. The maximum Gasteiger partial charge on any atom is 0.422 e. The minimum atomic E-state index is -4.42. The van der Waals surface area contributed by atoms with Gasteiger partial charge in [-0.2, -0.15) is 13.2 Å². The van der Waals surface area contributed by atoms with Crippen molar-refractivity contribution in [3.05, 3.63) is 53.2 Å². The Morgan fingerprint density at radius 1 is 1.13 bits per heavy atom. The molecule has 1 aromatic heterocycles. The molecule has 0 radical (unpaired) electrons. The molecule has 168 valence electrons. The third-order valence-electron chi connectivity index (χ3n) is 4.11. The largest absolute Gasteiger partial charge is 0.484 e. The van der Waals surface area contributed by atoms with E-state index in [1.54, 1.807) is 44.4 Å². The summed E-state index contributed by atoms with van der Waals surface area (Å²) in [4.78, 5) is 20.2. The van der Waals surface area contributed by atoms with Crippen LogP contribution in [0.1, 0.15) is 23.1 Å². The first-order valence-corrected chi connectivity index (χ1v) is 9.62. The summed E-state index contributed by atoms with van der Waals surface area (Å²) in [6.45, 7) is 2.83. The summed E-state index contributed by atoms with van der Waals surface area (Å²) in [6.07, 6.45) is -2.57. The zero-order valence-electron chi connectivity index (χ0n) is 17.6. The quantitative estimate of drug-likeness (QED) is 0.436. The predicted octanol–water partition coefficient (Wildman–Crippen LogP) is 3.33. The molecule has 0 bridgehead atoms. The Hall–Kier alpha value is -3.30. The van der Waals surface area contributed by atoms with Crippen LogP contribution in [0.3, 0.4) is 0 Å². The molecule has 0 spiro atoms. The van der Waals surface area contributed by atoms with Gasteiger partial charge in [0.25, 0.3) is 0 Å². The fraction of sp³-hybridized carbons (Fsp3) is 0.381. The lowest BCUT2D eigenvalue weighted by atomic mass is 10.1. The number of carbonyl (C=O) groups excluding carboxylic acids is 1. The van der Waals surface area contributed by atoms with E-state index in [2.05, 4.69) is 25.9 Å². The van der Waals surface area contributed by atoms with Gasteiger partial charge in [0.15, 0.2) is 12.6 Å². The van der Waals surface area contributed by atoms with E-state index in [1.165, 1.54) is 0 Å². The van der Waals surface area contributed by atoms with E-state index in [1.807, 2.05) is 13.0 Å².